The molecule has 0 saturated carbocycles. The van der Waals surface area contributed by atoms with Gasteiger partial charge in [0.05, 0.1) is 6.61 Å². The predicted octanol–water partition coefficient (Wildman–Crippen LogP) is 1.31. The van der Waals surface area contributed by atoms with Crippen LogP contribution in [0.2, 0.25) is 0 Å². The zero-order valence-electron chi connectivity index (χ0n) is 9.09. The van der Waals surface area contributed by atoms with E-state index in [9.17, 15) is 4.79 Å². The largest absolute Gasteiger partial charge is 0.491 e. The van der Waals surface area contributed by atoms with Gasteiger partial charge in [-0.1, -0.05) is 18.2 Å². The Hall–Kier alpha value is -1.39. The Morgan fingerprint density at radius 1 is 1.50 bits per heavy atom. The second-order valence-corrected chi connectivity index (χ2v) is 3.67. The molecule has 0 aliphatic carbocycles. The van der Waals surface area contributed by atoms with Crippen LogP contribution in [0.1, 0.15) is 5.56 Å². The number of rotatable bonds is 4. The van der Waals surface area contributed by atoms with Gasteiger partial charge >= 0.3 is 0 Å². The van der Waals surface area contributed by atoms with Crippen LogP contribution >= 0.6 is 0 Å². The lowest BCUT2D eigenvalue weighted by molar-refractivity contribution is -0.133. The highest BCUT2D eigenvalue weighted by Crippen LogP contribution is 2.18. The van der Waals surface area contributed by atoms with Crippen molar-refractivity contribution in [3.05, 3.63) is 29.8 Å². The van der Waals surface area contributed by atoms with E-state index >= 15 is 0 Å². The van der Waals surface area contributed by atoms with Gasteiger partial charge in [0.1, 0.15) is 18.5 Å². The van der Waals surface area contributed by atoms with Crippen molar-refractivity contribution in [3.8, 4) is 5.75 Å². The molecule has 1 aliphatic heterocycles. The van der Waals surface area contributed by atoms with Crippen molar-refractivity contribution in [1.82, 2.24) is 0 Å². The molecule has 86 valence electrons. The third-order valence-corrected chi connectivity index (χ3v) is 2.40. The quantitative estimate of drug-likeness (QED) is 0.721. The molecular formula is C12H14O4. The van der Waals surface area contributed by atoms with E-state index in [1.165, 1.54) is 0 Å². The van der Waals surface area contributed by atoms with Gasteiger partial charge in [0.15, 0.2) is 6.29 Å². The third kappa shape index (κ3) is 2.59. The van der Waals surface area contributed by atoms with E-state index in [2.05, 4.69) is 0 Å². The molecule has 4 heteroatoms. The predicted molar refractivity (Wildman–Crippen MR) is 57.4 cm³/mol. The van der Waals surface area contributed by atoms with Gasteiger partial charge in [0.25, 0.3) is 0 Å². The van der Waals surface area contributed by atoms with Crippen LogP contribution in [0.25, 0.3) is 0 Å². The van der Waals surface area contributed by atoms with Crippen LogP contribution in [0, 0.1) is 6.92 Å². The highest BCUT2D eigenvalue weighted by molar-refractivity contribution is 5.54. The van der Waals surface area contributed by atoms with E-state index in [4.69, 9.17) is 14.2 Å². The zero-order chi connectivity index (χ0) is 11.4. The number of hydrogen-bond donors (Lipinski definition) is 0. The zero-order valence-corrected chi connectivity index (χ0v) is 9.09. The summed E-state index contributed by atoms with van der Waals surface area (Å²) in [6.45, 7) is 2.78. The lowest BCUT2D eigenvalue weighted by atomic mass is 10.2. The number of para-hydroxylation sites is 1. The molecule has 2 atom stereocenters. The van der Waals surface area contributed by atoms with Crippen LogP contribution in [0.15, 0.2) is 24.3 Å². The standard InChI is InChI=1S/C12H14O4/c1-9-4-2-3-5-11(9)14-7-10-8-15-12(6-13)16-10/h2-6,10,12H,7-8H2,1H3. The molecule has 4 nitrogen and oxygen atoms in total. The molecule has 1 saturated heterocycles. The van der Waals surface area contributed by atoms with Gasteiger partial charge in [-0.3, -0.25) is 4.79 Å². The summed E-state index contributed by atoms with van der Waals surface area (Å²) in [7, 11) is 0. The van der Waals surface area contributed by atoms with Gasteiger partial charge in [-0.25, -0.2) is 0 Å². The van der Waals surface area contributed by atoms with Crippen LogP contribution in [0.5, 0.6) is 5.75 Å². The fourth-order valence-electron chi connectivity index (χ4n) is 1.53. The average Bonchev–Trinajstić information content (AvgIpc) is 2.76. The summed E-state index contributed by atoms with van der Waals surface area (Å²) in [5.74, 6) is 0.834. The summed E-state index contributed by atoms with van der Waals surface area (Å²) < 4.78 is 15.9. The van der Waals surface area contributed by atoms with E-state index in [0.717, 1.165) is 11.3 Å². The van der Waals surface area contributed by atoms with Gasteiger partial charge in [-0.15, -0.1) is 0 Å². The number of ether oxygens (including phenoxy) is 3. The molecule has 2 unspecified atom stereocenters. The summed E-state index contributed by atoms with van der Waals surface area (Å²) in [5, 5.41) is 0. The number of benzene rings is 1. The topological polar surface area (TPSA) is 44.8 Å². The smallest absolute Gasteiger partial charge is 0.215 e. The fraction of sp³-hybridized carbons (Fsp3) is 0.417. The van der Waals surface area contributed by atoms with Gasteiger partial charge in [0.2, 0.25) is 6.29 Å². The number of aryl methyl sites for hydroxylation is 1. The van der Waals surface area contributed by atoms with Gasteiger partial charge in [-0.2, -0.15) is 0 Å². The number of carbonyl (C=O) groups is 1. The monoisotopic (exact) mass is 222 g/mol. The van der Waals surface area contributed by atoms with Crippen LogP contribution in [-0.2, 0) is 14.3 Å². The average molecular weight is 222 g/mol. The SMILES string of the molecule is Cc1ccccc1OCC1COC(C=O)O1. The Morgan fingerprint density at radius 2 is 2.31 bits per heavy atom. The molecule has 1 aromatic carbocycles. The Bertz CT molecular complexity index is 364. The molecule has 1 heterocycles. The lowest BCUT2D eigenvalue weighted by Gasteiger charge is -2.12. The van der Waals surface area contributed by atoms with Crippen molar-refractivity contribution >= 4 is 6.29 Å². The maximum absolute atomic E-state index is 10.4. The molecule has 0 amide bonds. The molecule has 1 aliphatic rings. The Morgan fingerprint density at radius 3 is 3.00 bits per heavy atom. The Balaban J connectivity index is 1.84. The molecule has 1 aromatic rings. The van der Waals surface area contributed by atoms with Crippen LogP contribution in [0.3, 0.4) is 0 Å². The lowest BCUT2D eigenvalue weighted by Crippen LogP contribution is -2.21. The number of aldehydes is 1. The summed E-state index contributed by atoms with van der Waals surface area (Å²) in [4.78, 5) is 10.4. The van der Waals surface area contributed by atoms with Crippen molar-refractivity contribution in [2.75, 3.05) is 13.2 Å². The van der Waals surface area contributed by atoms with Crippen LogP contribution < -0.4 is 4.74 Å². The highest BCUT2D eigenvalue weighted by atomic mass is 16.7. The van der Waals surface area contributed by atoms with E-state index in [-0.39, 0.29) is 6.10 Å². The minimum Gasteiger partial charge on any atom is -0.491 e. The second-order valence-electron chi connectivity index (χ2n) is 3.67. The first-order valence-electron chi connectivity index (χ1n) is 5.20. The first kappa shape index (κ1) is 11.1. The van der Waals surface area contributed by atoms with Crippen molar-refractivity contribution in [3.63, 3.8) is 0 Å². The highest BCUT2D eigenvalue weighted by Gasteiger charge is 2.25. The molecule has 2 rings (SSSR count). The normalized spacial score (nSPS) is 24.3. The molecule has 16 heavy (non-hydrogen) atoms. The van der Waals surface area contributed by atoms with E-state index in [1.807, 2.05) is 31.2 Å². The maximum atomic E-state index is 10.4. The van der Waals surface area contributed by atoms with Gasteiger partial charge in [0, 0.05) is 0 Å². The Kier molecular flexibility index (Phi) is 3.54. The first-order valence-corrected chi connectivity index (χ1v) is 5.20. The van der Waals surface area contributed by atoms with Gasteiger partial charge in [-0.05, 0) is 18.6 Å². The van der Waals surface area contributed by atoms with Crippen molar-refractivity contribution in [2.45, 2.75) is 19.3 Å². The van der Waals surface area contributed by atoms with E-state index in [0.29, 0.717) is 19.5 Å². The van der Waals surface area contributed by atoms with E-state index in [1.54, 1.807) is 0 Å². The molecule has 0 radical (unpaired) electrons. The summed E-state index contributed by atoms with van der Waals surface area (Å²) >= 11 is 0. The van der Waals surface area contributed by atoms with Crippen molar-refractivity contribution < 1.29 is 19.0 Å². The molecular weight excluding hydrogens is 208 g/mol. The third-order valence-electron chi connectivity index (χ3n) is 2.40. The molecule has 0 spiro atoms. The maximum Gasteiger partial charge on any atom is 0.215 e. The molecule has 0 bridgehead atoms. The van der Waals surface area contributed by atoms with Crippen molar-refractivity contribution in [1.29, 1.82) is 0 Å². The first-order chi connectivity index (χ1) is 7.79. The van der Waals surface area contributed by atoms with Crippen LogP contribution in [0.4, 0.5) is 0 Å². The summed E-state index contributed by atoms with van der Waals surface area (Å²) in [5.41, 5.74) is 1.08. The summed E-state index contributed by atoms with van der Waals surface area (Å²) in [6, 6.07) is 7.76. The summed E-state index contributed by atoms with van der Waals surface area (Å²) in [6.07, 6.45) is -0.256. The van der Waals surface area contributed by atoms with Crippen LogP contribution in [-0.4, -0.2) is 31.9 Å². The molecule has 0 N–H and O–H groups in total. The number of hydrogen-bond acceptors (Lipinski definition) is 4. The fourth-order valence-corrected chi connectivity index (χ4v) is 1.53. The number of carbonyl (C=O) groups excluding carboxylic acids is 1. The van der Waals surface area contributed by atoms with Gasteiger partial charge < -0.3 is 14.2 Å². The minimum absolute atomic E-state index is 0.171. The molecule has 0 aromatic heterocycles. The van der Waals surface area contributed by atoms with E-state index < -0.39 is 6.29 Å². The molecule has 1 fully saturated rings. The minimum atomic E-state index is -0.731. The second kappa shape index (κ2) is 5.09. The Labute approximate surface area is 94.1 Å². The van der Waals surface area contributed by atoms with Crippen molar-refractivity contribution in [2.24, 2.45) is 0 Å².